The number of Topliss-reactive ketones (excluding diaryl/α,β-unsaturated/α-hetero) is 1. The predicted octanol–water partition coefficient (Wildman–Crippen LogP) is 5.51. The summed E-state index contributed by atoms with van der Waals surface area (Å²) < 4.78 is 23.1. The third-order valence-corrected chi connectivity index (χ3v) is 4.74. The smallest absolute Gasteiger partial charge is 0.276 e. The Labute approximate surface area is 204 Å². The zero-order valence-electron chi connectivity index (χ0n) is 20.0. The lowest BCUT2D eigenvalue weighted by atomic mass is 10.2. The van der Waals surface area contributed by atoms with Gasteiger partial charge in [-0.15, -0.1) is 0 Å². The van der Waals surface area contributed by atoms with Gasteiger partial charge in [0, 0.05) is 17.8 Å². The number of carbonyl (C=O) groups is 2. The maximum atomic E-state index is 13.1. The summed E-state index contributed by atoms with van der Waals surface area (Å²) in [5, 5.41) is 8.13. The van der Waals surface area contributed by atoms with Crippen molar-refractivity contribution in [2.75, 3.05) is 30.8 Å². The Morgan fingerprint density at radius 1 is 0.912 bits per heavy atom. The second-order valence-electron chi connectivity index (χ2n) is 6.81. The molecule has 0 aliphatic carbocycles. The minimum absolute atomic E-state index is 0.256. The van der Waals surface area contributed by atoms with E-state index in [1.807, 2.05) is 20.8 Å². The first-order valence-corrected chi connectivity index (χ1v) is 11.4. The van der Waals surface area contributed by atoms with Crippen LogP contribution in [0.1, 0.15) is 34.6 Å². The summed E-state index contributed by atoms with van der Waals surface area (Å²) in [6, 6.07) is 8.50. The van der Waals surface area contributed by atoms with Crippen LogP contribution in [0.2, 0.25) is 0 Å². The lowest BCUT2D eigenvalue weighted by molar-refractivity contribution is -0.126. The molecule has 1 atom stereocenters. The van der Waals surface area contributed by atoms with Gasteiger partial charge in [0.25, 0.3) is 5.91 Å². The number of hydrogen-bond donors (Lipinski definition) is 0. The highest BCUT2D eigenvalue weighted by Crippen LogP contribution is 2.38. The van der Waals surface area contributed by atoms with Gasteiger partial charge in [0.1, 0.15) is 22.9 Å². The minimum Gasteiger partial charge on any atom is -0.494 e. The monoisotopic (exact) mass is 491 g/mol. The number of azo groups is 1. The topological polar surface area (TPSA) is 99.0 Å². The molecule has 0 aromatic heterocycles. The number of halogens is 1. The van der Waals surface area contributed by atoms with Gasteiger partial charge in [-0.1, -0.05) is 6.07 Å². The van der Waals surface area contributed by atoms with Gasteiger partial charge in [-0.3, -0.25) is 9.59 Å². The zero-order chi connectivity index (χ0) is 25.1. The van der Waals surface area contributed by atoms with Gasteiger partial charge >= 0.3 is 0 Å². The normalized spacial score (nSPS) is 11.7. The molecule has 0 fully saturated rings. The average molecular weight is 492 g/mol. The van der Waals surface area contributed by atoms with E-state index in [-0.39, 0.29) is 5.69 Å². The molecule has 1 unspecified atom stereocenters. The van der Waals surface area contributed by atoms with Crippen molar-refractivity contribution in [3.8, 4) is 23.0 Å². The molecule has 0 heterocycles. The van der Waals surface area contributed by atoms with Gasteiger partial charge in [-0.05, 0) is 58.9 Å². The molecule has 9 nitrogen and oxygen atoms in total. The van der Waals surface area contributed by atoms with Crippen molar-refractivity contribution in [1.29, 1.82) is 0 Å². The highest BCUT2D eigenvalue weighted by Gasteiger charge is 2.30. The Balaban J connectivity index is 2.38. The number of rotatable bonds is 13. The number of benzene rings is 2. The molecule has 2 aromatic rings. The van der Waals surface area contributed by atoms with Gasteiger partial charge in [0.15, 0.2) is 17.3 Å². The number of amides is 1. The Hall–Kier alpha value is -3.33. The number of hydrogen-bond acceptors (Lipinski definition) is 8. The predicted molar refractivity (Wildman–Crippen MR) is 130 cm³/mol. The van der Waals surface area contributed by atoms with Crippen LogP contribution in [0.4, 0.5) is 11.4 Å². The number of carbonyl (C=O) groups excluding carboxylic acids is 2. The summed E-state index contributed by atoms with van der Waals surface area (Å²) in [6.07, 6.45) is 0. The van der Waals surface area contributed by atoms with E-state index in [1.165, 1.54) is 6.92 Å². The fraction of sp³-hybridized carbons (Fsp3) is 0.417. The first-order valence-electron chi connectivity index (χ1n) is 11.1. The molecule has 2 aromatic carbocycles. The van der Waals surface area contributed by atoms with Crippen molar-refractivity contribution in [3.63, 3.8) is 0 Å². The molecule has 2 rings (SSSR count). The van der Waals surface area contributed by atoms with E-state index >= 15 is 0 Å². The summed E-state index contributed by atoms with van der Waals surface area (Å²) in [4.78, 5) is 25.4. The molecular weight excluding hydrogens is 462 g/mol. The van der Waals surface area contributed by atoms with E-state index in [0.717, 1.165) is 4.42 Å². The summed E-state index contributed by atoms with van der Waals surface area (Å²) in [6.45, 7) is 10.2. The van der Waals surface area contributed by atoms with E-state index in [2.05, 4.69) is 10.2 Å². The van der Waals surface area contributed by atoms with Gasteiger partial charge in [0.05, 0.1) is 26.4 Å². The van der Waals surface area contributed by atoms with Crippen molar-refractivity contribution in [1.82, 2.24) is 0 Å². The molecule has 184 valence electrons. The molecule has 0 saturated heterocycles. The van der Waals surface area contributed by atoms with Gasteiger partial charge < -0.3 is 18.9 Å². The first-order chi connectivity index (χ1) is 16.4. The highest BCUT2D eigenvalue weighted by molar-refractivity contribution is 6.39. The average Bonchev–Trinajstić information content (AvgIpc) is 2.81. The Morgan fingerprint density at radius 2 is 1.56 bits per heavy atom. The molecule has 0 radical (unpaired) electrons. The number of nitrogens with zero attached hydrogens (tertiary/aromatic N) is 3. The van der Waals surface area contributed by atoms with Crippen molar-refractivity contribution < 1.29 is 28.5 Å². The van der Waals surface area contributed by atoms with Crippen LogP contribution in [0.5, 0.6) is 23.0 Å². The first kappa shape index (κ1) is 26.9. The summed E-state index contributed by atoms with van der Waals surface area (Å²) in [5.74, 6) is 0.454. The van der Waals surface area contributed by atoms with Gasteiger partial charge in [-0.2, -0.15) is 10.2 Å². The van der Waals surface area contributed by atoms with E-state index in [0.29, 0.717) is 55.1 Å². The van der Waals surface area contributed by atoms with Gasteiger partial charge in [0.2, 0.25) is 6.04 Å². The molecule has 0 bridgehead atoms. The molecule has 1 amide bonds. The molecular formula is C24H30ClN3O6. The second kappa shape index (κ2) is 13.4. The fourth-order valence-electron chi connectivity index (χ4n) is 2.98. The van der Waals surface area contributed by atoms with Crippen LogP contribution in [-0.4, -0.2) is 44.2 Å². The Morgan fingerprint density at radius 3 is 2.18 bits per heavy atom. The maximum Gasteiger partial charge on any atom is 0.276 e. The van der Waals surface area contributed by atoms with E-state index in [9.17, 15) is 9.59 Å². The number of ketones is 1. The number of ether oxygens (including phenoxy) is 4. The van der Waals surface area contributed by atoms with Crippen LogP contribution in [0.25, 0.3) is 0 Å². The SMILES string of the molecule is CCOc1ccc(N(Cl)C(=O)C(N=Nc2cccc(OCC)c2OCC)C(C)=O)c(OCC)c1. The maximum absolute atomic E-state index is 13.1. The Kier molecular flexibility index (Phi) is 10.6. The van der Waals surface area contributed by atoms with Crippen molar-refractivity contribution >= 4 is 34.8 Å². The minimum atomic E-state index is -1.47. The zero-order valence-corrected chi connectivity index (χ0v) is 20.8. The molecule has 0 spiro atoms. The lowest BCUT2D eigenvalue weighted by Crippen LogP contribution is -2.36. The quantitative estimate of drug-likeness (QED) is 0.208. The van der Waals surface area contributed by atoms with Crippen LogP contribution < -0.4 is 23.4 Å². The van der Waals surface area contributed by atoms with Crippen LogP contribution in [0.15, 0.2) is 46.6 Å². The van der Waals surface area contributed by atoms with Crippen LogP contribution in [0.3, 0.4) is 0 Å². The largest absolute Gasteiger partial charge is 0.494 e. The summed E-state index contributed by atoms with van der Waals surface area (Å²) >= 11 is 6.36. The third kappa shape index (κ3) is 6.84. The Bertz CT molecular complexity index is 1010. The molecule has 10 heteroatoms. The summed E-state index contributed by atoms with van der Waals surface area (Å²) in [7, 11) is 0. The van der Waals surface area contributed by atoms with Crippen molar-refractivity contribution in [2.24, 2.45) is 10.2 Å². The van der Waals surface area contributed by atoms with Crippen LogP contribution in [-0.2, 0) is 9.59 Å². The lowest BCUT2D eigenvalue weighted by Gasteiger charge is -2.20. The molecule has 0 aliphatic rings. The van der Waals surface area contributed by atoms with Crippen molar-refractivity contribution in [2.45, 2.75) is 40.7 Å². The van der Waals surface area contributed by atoms with Crippen LogP contribution >= 0.6 is 11.8 Å². The molecule has 34 heavy (non-hydrogen) atoms. The molecule has 0 saturated carbocycles. The standard InChI is InChI=1S/C24H30ClN3O6/c1-6-31-17-13-14-19(21(15-17)33-8-3)28(25)24(30)22(16(5)29)27-26-18-11-10-12-20(32-7-2)23(18)34-9-4/h10-15,22H,6-9H2,1-5H3. The van der Waals surface area contributed by atoms with Crippen molar-refractivity contribution in [3.05, 3.63) is 36.4 Å². The van der Waals surface area contributed by atoms with Crippen LogP contribution in [0, 0.1) is 0 Å². The number of para-hydroxylation sites is 1. The molecule has 0 N–H and O–H groups in total. The van der Waals surface area contributed by atoms with Gasteiger partial charge in [-0.25, -0.2) is 4.42 Å². The summed E-state index contributed by atoms with van der Waals surface area (Å²) in [5.41, 5.74) is 0.579. The fourth-order valence-corrected chi connectivity index (χ4v) is 3.21. The second-order valence-corrected chi connectivity index (χ2v) is 7.15. The van der Waals surface area contributed by atoms with E-state index in [1.54, 1.807) is 43.3 Å². The number of anilines is 1. The molecule has 0 aliphatic heterocycles. The highest BCUT2D eigenvalue weighted by atomic mass is 35.5. The van der Waals surface area contributed by atoms with E-state index in [4.69, 9.17) is 30.7 Å². The third-order valence-electron chi connectivity index (χ3n) is 4.39. The van der Waals surface area contributed by atoms with E-state index < -0.39 is 17.7 Å².